The van der Waals surface area contributed by atoms with Gasteiger partial charge >= 0.3 is 12.6 Å². The molecule has 22 heavy (non-hydrogen) atoms. The highest BCUT2D eigenvalue weighted by Crippen LogP contribution is 2.19. The van der Waals surface area contributed by atoms with Gasteiger partial charge in [0.25, 0.3) is 0 Å². The van der Waals surface area contributed by atoms with Gasteiger partial charge in [0.15, 0.2) is 0 Å². The molecule has 0 unspecified atom stereocenters. The molecule has 0 aliphatic rings. The Morgan fingerprint density at radius 3 is 2.32 bits per heavy atom. The Bertz CT molecular complexity index is 633. The number of carbonyl (C=O) groups is 1. The monoisotopic (exact) mass is 308 g/mol. The van der Waals surface area contributed by atoms with Crippen LogP contribution in [0.4, 0.5) is 25.0 Å². The van der Waals surface area contributed by atoms with Gasteiger partial charge in [0.05, 0.1) is 7.11 Å². The first-order chi connectivity index (χ1) is 10.6. The molecule has 2 rings (SSSR count). The highest BCUT2D eigenvalue weighted by molar-refractivity contribution is 5.99. The molecule has 7 heteroatoms. The first-order valence-corrected chi connectivity index (χ1v) is 6.34. The number of hydrogen-bond donors (Lipinski definition) is 2. The summed E-state index contributed by atoms with van der Waals surface area (Å²) >= 11 is 0. The lowest BCUT2D eigenvalue weighted by molar-refractivity contribution is -0.0498. The molecule has 0 atom stereocenters. The molecular weight excluding hydrogens is 294 g/mol. The van der Waals surface area contributed by atoms with Crippen molar-refractivity contribution >= 4 is 17.4 Å². The van der Waals surface area contributed by atoms with E-state index in [0.717, 1.165) is 0 Å². The van der Waals surface area contributed by atoms with E-state index in [9.17, 15) is 13.6 Å². The number of amides is 2. The van der Waals surface area contributed by atoms with E-state index in [4.69, 9.17) is 4.74 Å². The molecule has 0 spiro atoms. The van der Waals surface area contributed by atoms with Gasteiger partial charge in [0.1, 0.15) is 11.5 Å². The fourth-order valence-corrected chi connectivity index (χ4v) is 1.71. The summed E-state index contributed by atoms with van der Waals surface area (Å²) < 4.78 is 33.3. The zero-order chi connectivity index (χ0) is 15.9. The number of halogens is 2. The summed E-state index contributed by atoms with van der Waals surface area (Å²) in [6.07, 6.45) is 0. The molecule has 2 aromatic carbocycles. The number of methoxy groups -OCH3 is 1. The van der Waals surface area contributed by atoms with Crippen molar-refractivity contribution in [3.05, 3.63) is 48.5 Å². The fourth-order valence-electron chi connectivity index (χ4n) is 1.71. The Hall–Kier alpha value is -2.83. The number of hydrogen-bond acceptors (Lipinski definition) is 3. The Morgan fingerprint density at radius 2 is 1.68 bits per heavy atom. The van der Waals surface area contributed by atoms with E-state index < -0.39 is 12.6 Å². The van der Waals surface area contributed by atoms with Gasteiger partial charge in [-0.15, -0.1) is 0 Å². The number of ether oxygens (including phenoxy) is 2. The predicted molar refractivity (Wildman–Crippen MR) is 78.7 cm³/mol. The second-order valence-corrected chi connectivity index (χ2v) is 4.21. The number of urea groups is 1. The number of carbonyl (C=O) groups excluding carboxylic acids is 1. The highest BCUT2D eigenvalue weighted by Gasteiger charge is 2.06. The summed E-state index contributed by atoms with van der Waals surface area (Å²) in [5.74, 6) is 0.639. The maximum atomic E-state index is 12.0. The smallest absolute Gasteiger partial charge is 0.387 e. The normalized spacial score (nSPS) is 10.2. The van der Waals surface area contributed by atoms with Crippen molar-refractivity contribution in [1.29, 1.82) is 0 Å². The highest BCUT2D eigenvalue weighted by atomic mass is 19.3. The van der Waals surface area contributed by atoms with Crippen LogP contribution < -0.4 is 20.1 Å². The molecule has 0 aliphatic heterocycles. The van der Waals surface area contributed by atoms with Crippen molar-refractivity contribution in [2.45, 2.75) is 6.61 Å². The lowest BCUT2D eigenvalue weighted by Crippen LogP contribution is -2.19. The molecule has 0 saturated heterocycles. The van der Waals surface area contributed by atoms with Crippen LogP contribution in [0.15, 0.2) is 48.5 Å². The van der Waals surface area contributed by atoms with Gasteiger partial charge in [0.2, 0.25) is 0 Å². The number of nitrogens with one attached hydrogen (secondary N) is 2. The average Bonchev–Trinajstić information content (AvgIpc) is 2.49. The van der Waals surface area contributed by atoms with Crippen molar-refractivity contribution in [2.75, 3.05) is 17.7 Å². The van der Waals surface area contributed by atoms with E-state index in [1.54, 1.807) is 24.3 Å². The van der Waals surface area contributed by atoms with Gasteiger partial charge in [0, 0.05) is 17.4 Å². The molecule has 0 radical (unpaired) electrons. The Balaban J connectivity index is 1.93. The van der Waals surface area contributed by atoms with Crippen LogP contribution in [-0.4, -0.2) is 19.8 Å². The molecule has 0 fully saturated rings. The van der Waals surface area contributed by atoms with E-state index in [2.05, 4.69) is 15.4 Å². The number of anilines is 2. The van der Waals surface area contributed by atoms with E-state index in [-0.39, 0.29) is 5.75 Å². The predicted octanol–water partition coefficient (Wildman–Crippen LogP) is 3.94. The molecular formula is C15H14F2N2O3. The minimum Gasteiger partial charge on any atom is -0.497 e. The maximum absolute atomic E-state index is 12.0. The first kappa shape index (κ1) is 15.6. The van der Waals surface area contributed by atoms with Gasteiger partial charge in [-0.2, -0.15) is 8.78 Å². The first-order valence-electron chi connectivity index (χ1n) is 6.34. The van der Waals surface area contributed by atoms with Crippen LogP contribution in [0.25, 0.3) is 0 Å². The van der Waals surface area contributed by atoms with Crippen molar-refractivity contribution in [3.63, 3.8) is 0 Å². The van der Waals surface area contributed by atoms with Gasteiger partial charge in [-0.05, 0) is 36.4 Å². The second-order valence-electron chi connectivity index (χ2n) is 4.21. The lowest BCUT2D eigenvalue weighted by Gasteiger charge is -2.09. The van der Waals surface area contributed by atoms with Crippen LogP contribution in [0.1, 0.15) is 0 Å². The summed E-state index contributed by atoms with van der Waals surface area (Å²) in [5, 5.41) is 5.21. The van der Waals surface area contributed by atoms with Crippen LogP contribution >= 0.6 is 0 Å². The zero-order valence-electron chi connectivity index (χ0n) is 11.7. The molecule has 2 aromatic rings. The number of alkyl halides is 2. The van der Waals surface area contributed by atoms with Gasteiger partial charge in [-0.3, -0.25) is 0 Å². The molecule has 0 heterocycles. The number of benzene rings is 2. The lowest BCUT2D eigenvalue weighted by atomic mass is 10.3. The van der Waals surface area contributed by atoms with Gasteiger partial charge in [-0.1, -0.05) is 6.07 Å². The second kappa shape index (κ2) is 7.26. The topological polar surface area (TPSA) is 59.6 Å². The number of rotatable bonds is 5. The largest absolute Gasteiger partial charge is 0.497 e. The minimum absolute atomic E-state index is 0.0220. The standard InChI is InChI=1S/C15H14F2N2O3/c1-21-13-4-2-3-11(9-13)19-15(20)18-10-5-7-12(8-6-10)22-14(16)17/h2-9,14H,1H3,(H2,18,19,20). The Kier molecular flexibility index (Phi) is 5.13. The third-order valence-electron chi connectivity index (χ3n) is 2.66. The van der Waals surface area contributed by atoms with Crippen molar-refractivity contribution < 1.29 is 23.0 Å². The minimum atomic E-state index is -2.88. The SMILES string of the molecule is COc1cccc(NC(=O)Nc2ccc(OC(F)F)cc2)c1. The molecule has 0 bridgehead atoms. The summed E-state index contributed by atoms with van der Waals surface area (Å²) in [4.78, 5) is 11.8. The molecule has 116 valence electrons. The fraction of sp³-hybridized carbons (Fsp3) is 0.133. The average molecular weight is 308 g/mol. The quantitative estimate of drug-likeness (QED) is 0.879. The Morgan fingerprint density at radius 1 is 1.00 bits per heavy atom. The van der Waals surface area contributed by atoms with Gasteiger partial charge in [-0.25, -0.2) is 4.79 Å². The molecule has 0 aromatic heterocycles. The molecule has 0 saturated carbocycles. The van der Waals surface area contributed by atoms with Crippen molar-refractivity contribution in [3.8, 4) is 11.5 Å². The van der Waals surface area contributed by atoms with Crippen LogP contribution in [0.3, 0.4) is 0 Å². The molecule has 2 N–H and O–H groups in total. The summed E-state index contributed by atoms with van der Waals surface area (Å²) in [6.45, 7) is -2.88. The van der Waals surface area contributed by atoms with Crippen LogP contribution in [0.2, 0.25) is 0 Å². The van der Waals surface area contributed by atoms with Crippen molar-refractivity contribution in [2.24, 2.45) is 0 Å². The van der Waals surface area contributed by atoms with Crippen LogP contribution in [0, 0.1) is 0 Å². The third kappa shape index (κ3) is 4.62. The molecule has 5 nitrogen and oxygen atoms in total. The molecule has 0 aliphatic carbocycles. The van der Waals surface area contributed by atoms with E-state index in [0.29, 0.717) is 17.1 Å². The van der Waals surface area contributed by atoms with Gasteiger partial charge < -0.3 is 20.1 Å². The summed E-state index contributed by atoms with van der Waals surface area (Å²) in [5.41, 5.74) is 1.01. The molecule has 2 amide bonds. The Labute approximate surface area is 125 Å². The van der Waals surface area contributed by atoms with Crippen LogP contribution in [0.5, 0.6) is 11.5 Å². The maximum Gasteiger partial charge on any atom is 0.387 e. The third-order valence-corrected chi connectivity index (χ3v) is 2.66. The van der Waals surface area contributed by atoms with Crippen molar-refractivity contribution in [1.82, 2.24) is 0 Å². The van der Waals surface area contributed by atoms with Crippen LogP contribution in [-0.2, 0) is 0 Å². The van der Waals surface area contributed by atoms with E-state index in [1.807, 2.05) is 0 Å². The summed E-state index contributed by atoms with van der Waals surface area (Å²) in [7, 11) is 1.53. The van der Waals surface area contributed by atoms with E-state index >= 15 is 0 Å². The summed E-state index contributed by atoms with van der Waals surface area (Å²) in [6, 6.07) is 12.0. The van der Waals surface area contributed by atoms with E-state index in [1.165, 1.54) is 31.4 Å². The zero-order valence-corrected chi connectivity index (χ0v) is 11.7.